The van der Waals surface area contributed by atoms with Crippen molar-refractivity contribution in [1.82, 2.24) is 9.88 Å². The first kappa shape index (κ1) is 16.2. The lowest BCUT2D eigenvalue weighted by Crippen LogP contribution is -2.31. The van der Waals surface area contributed by atoms with E-state index in [2.05, 4.69) is 4.98 Å². The van der Waals surface area contributed by atoms with Crippen LogP contribution in [0.25, 0.3) is 0 Å². The van der Waals surface area contributed by atoms with Gasteiger partial charge in [0.15, 0.2) is 11.6 Å². The van der Waals surface area contributed by atoms with Gasteiger partial charge < -0.3 is 14.4 Å². The minimum atomic E-state index is -0.542. The number of benzene rings is 1. The predicted octanol–water partition coefficient (Wildman–Crippen LogP) is 2.83. The highest BCUT2D eigenvalue weighted by Gasteiger charge is 2.29. The summed E-state index contributed by atoms with van der Waals surface area (Å²) < 4.78 is 24.5. The average Bonchev–Trinajstić information content (AvgIpc) is 3.02. The quantitative estimate of drug-likeness (QED) is 0.865. The fraction of sp³-hybridized carbons (Fsp3) is 0.333. The van der Waals surface area contributed by atoms with Crippen molar-refractivity contribution < 1.29 is 18.7 Å². The molecule has 0 aliphatic carbocycles. The number of aryl methyl sites for hydroxylation is 1. The molecule has 1 aliphatic heterocycles. The highest BCUT2D eigenvalue weighted by Crippen LogP contribution is 2.22. The number of likely N-dealkylation sites (tertiary alicyclic amines) is 1. The van der Waals surface area contributed by atoms with Crippen molar-refractivity contribution in [3.63, 3.8) is 0 Å². The van der Waals surface area contributed by atoms with E-state index in [0.717, 1.165) is 12.1 Å². The fourth-order valence-electron chi connectivity index (χ4n) is 2.75. The van der Waals surface area contributed by atoms with Crippen molar-refractivity contribution in [2.45, 2.75) is 19.4 Å². The molecule has 0 radical (unpaired) electrons. The minimum absolute atomic E-state index is 0.105. The van der Waals surface area contributed by atoms with Gasteiger partial charge in [0, 0.05) is 30.3 Å². The number of nitrogens with zero attached hydrogens (tertiary/aromatic N) is 2. The standard InChI is InChI=1S/C18H19FN2O3/c1-12-4-3-5-17(20-12)24-14-8-9-21(11-14)18(22)13-6-7-16(23-2)15(19)10-13/h3-7,10,14H,8-9,11H2,1-2H3/t14-/m1/s1. The first-order chi connectivity index (χ1) is 11.6. The largest absolute Gasteiger partial charge is 0.494 e. The highest BCUT2D eigenvalue weighted by molar-refractivity contribution is 5.94. The van der Waals surface area contributed by atoms with E-state index in [4.69, 9.17) is 9.47 Å². The maximum atomic E-state index is 13.8. The highest BCUT2D eigenvalue weighted by atomic mass is 19.1. The Morgan fingerprint density at radius 1 is 1.33 bits per heavy atom. The first-order valence-electron chi connectivity index (χ1n) is 7.80. The Balaban J connectivity index is 1.64. The second-order valence-corrected chi connectivity index (χ2v) is 5.75. The number of hydrogen-bond donors (Lipinski definition) is 0. The molecule has 1 aromatic carbocycles. The van der Waals surface area contributed by atoms with Crippen molar-refractivity contribution in [2.75, 3.05) is 20.2 Å². The van der Waals surface area contributed by atoms with Crippen LogP contribution >= 0.6 is 0 Å². The fourth-order valence-corrected chi connectivity index (χ4v) is 2.75. The van der Waals surface area contributed by atoms with E-state index in [1.165, 1.54) is 19.2 Å². The van der Waals surface area contributed by atoms with Crippen molar-refractivity contribution in [2.24, 2.45) is 0 Å². The summed E-state index contributed by atoms with van der Waals surface area (Å²) in [4.78, 5) is 18.5. The van der Waals surface area contributed by atoms with Crippen LogP contribution in [-0.2, 0) is 0 Å². The van der Waals surface area contributed by atoms with Gasteiger partial charge in [-0.05, 0) is 31.2 Å². The minimum Gasteiger partial charge on any atom is -0.494 e. The van der Waals surface area contributed by atoms with Gasteiger partial charge in [0.25, 0.3) is 5.91 Å². The Kier molecular flexibility index (Phi) is 4.64. The maximum Gasteiger partial charge on any atom is 0.254 e. The molecule has 1 amide bonds. The van der Waals surface area contributed by atoms with Crippen molar-refractivity contribution in [3.05, 3.63) is 53.5 Å². The molecule has 1 saturated heterocycles. The summed E-state index contributed by atoms with van der Waals surface area (Å²) in [5.41, 5.74) is 1.19. The summed E-state index contributed by atoms with van der Waals surface area (Å²) in [5, 5.41) is 0. The van der Waals surface area contributed by atoms with Crippen molar-refractivity contribution in [1.29, 1.82) is 0 Å². The molecule has 0 N–H and O–H groups in total. The molecule has 0 saturated carbocycles. The van der Waals surface area contributed by atoms with Crippen LogP contribution in [0.4, 0.5) is 4.39 Å². The number of methoxy groups -OCH3 is 1. The number of pyridine rings is 1. The van der Waals surface area contributed by atoms with Crippen molar-refractivity contribution >= 4 is 5.91 Å². The third-order valence-corrected chi connectivity index (χ3v) is 3.98. The lowest BCUT2D eigenvalue weighted by molar-refractivity contribution is 0.0770. The second-order valence-electron chi connectivity index (χ2n) is 5.75. The summed E-state index contributed by atoms with van der Waals surface area (Å²) in [6, 6.07) is 9.82. The Labute approximate surface area is 140 Å². The van der Waals surface area contributed by atoms with Crippen LogP contribution in [0.15, 0.2) is 36.4 Å². The van der Waals surface area contributed by atoms with Crippen molar-refractivity contribution in [3.8, 4) is 11.6 Å². The Morgan fingerprint density at radius 3 is 2.88 bits per heavy atom. The van der Waals surface area contributed by atoms with E-state index in [0.29, 0.717) is 24.5 Å². The number of carbonyl (C=O) groups excluding carboxylic acids is 1. The van der Waals surface area contributed by atoms with E-state index in [1.54, 1.807) is 17.0 Å². The summed E-state index contributed by atoms with van der Waals surface area (Å²) >= 11 is 0. The lowest BCUT2D eigenvalue weighted by Gasteiger charge is -2.17. The molecule has 0 unspecified atom stereocenters. The van der Waals surface area contributed by atoms with Gasteiger partial charge in [0.2, 0.25) is 5.88 Å². The zero-order chi connectivity index (χ0) is 17.1. The van der Waals surface area contributed by atoms with Gasteiger partial charge in [-0.25, -0.2) is 9.37 Å². The first-order valence-corrected chi connectivity index (χ1v) is 7.80. The molecule has 0 bridgehead atoms. The zero-order valence-electron chi connectivity index (χ0n) is 13.7. The summed E-state index contributed by atoms with van der Waals surface area (Å²) in [7, 11) is 1.39. The molecule has 3 rings (SSSR count). The normalized spacial score (nSPS) is 17.0. The molecule has 0 spiro atoms. The molecular formula is C18H19FN2O3. The third-order valence-electron chi connectivity index (χ3n) is 3.98. The summed E-state index contributed by atoms with van der Waals surface area (Å²) in [6.45, 7) is 2.93. The number of ether oxygens (including phenoxy) is 2. The summed E-state index contributed by atoms with van der Waals surface area (Å²) in [5.74, 6) is -0.0661. The van der Waals surface area contributed by atoms with Gasteiger partial charge in [-0.2, -0.15) is 0 Å². The molecule has 2 heterocycles. The third kappa shape index (κ3) is 3.48. The van der Waals surface area contributed by atoms with Crippen LogP contribution in [0, 0.1) is 12.7 Å². The number of rotatable bonds is 4. The molecule has 1 fully saturated rings. The second kappa shape index (κ2) is 6.86. The van der Waals surface area contributed by atoms with Gasteiger partial charge in [-0.1, -0.05) is 6.07 Å². The molecule has 126 valence electrons. The number of amides is 1. The van der Waals surface area contributed by atoms with Gasteiger partial charge in [-0.3, -0.25) is 4.79 Å². The Bertz CT molecular complexity index is 751. The van der Waals surface area contributed by atoms with Crippen LogP contribution in [0.5, 0.6) is 11.6 Å². The van der Waals surface area contributed by atoms with E-state index in [9.17, 15) is 9.18 Å². The molecular weight excluding hydrogens is 311 g/mol. The van der Waals surface area contributed by atoms with Crippen LogP contribution < -0.4 is 9.47 Å². The SMILES string of the molecule is COc1ccc(C(=O)N2CC[C@@H](Oc3cccc(C)n3)C2)cc1F. The van der Waals surface area contributed by atoms with E-state index in [1.807, 2.05) is 19.1 Å². The predicted molar refractivity (Wildman–Crippen MR) is 86.9 cm³/mol. The van der Waals surface area contributed by atoms with Gasteiger partial charge in [0.05, 0.1) is 13.7 Å². The number of aromatic nitrogens is 1. The van der Waals surface area contributed by atoms with Crippen LogP contribution in [0.2, 0.25) is 0 Å². The van der Waals surface area contributed by atoms with Crippen LogP contribution in [0.3, 0.4) is 0 Å². The van der Waals surface area contributed by atoms with Gasteiger partial charge >= 0.3 is 0 Å². The van der Waals surface area contributed by atoms with E-state index >= 15 is 0 Å². The molecule has 24 heavy (non-hydrogen) atoms. The Morgan fingerprint density at radius 2 is 2.17 bits per heavy atom. The topological polar surface area (TPSA) is 51.7 Å². The van der Waals surface area contributed by atoms with E-state index in [-0.39, 0.29) is 17.8 Å². The molecule has 1 atom stereocenters. The van der Waals surface area contributed by atoms with E-state index < -0.39 is 5.82 Å². The Hall–Kier alpha value is -2.63. The van der Waals surface area contributed by atoms with Gasteiger partial charge in [0.1, 0.15) is 6.10 Å². The van der Waals surface area contributed by atoms with Crippen LogP contribution in [-0.4, -0.2) is 42.1 Å². The number of carbonyl (C=O) groups is 1. The molecule has 6 heteroatoms. The number of halogens is 1. The van der Waals surface area contributed by atoms with Crippen LogP contribution in [0.1, 0.15) is 22.5 Å². The molecule has 1 aromatic heterocycles. The molecule has 2 aromatic rings. The maximum absolute atomic E-state index is 13.8. The smallest absolute Gasteiger partial charge is 0.254 e. The number of hydrogen-bond acceptors (Lipinski definition) is 4. The van der Waals surface area contributed by atoms with Gasteiger partial charge in [-0.15, -0.1) is 0 Å². The average molecular weight is 330 g/mol. The summed E-state index contributed by atoms with van der Waals surface area (Å²) in [6.07, 6.45) is 0.617. The lowest BCUT2D eigenvalue weighted by atomic mass is 10.2. The monoisotopic (exact) mass is 330 g/mol. The molecule has 5 nitrogen and oxygen atoms in total. The molecule has 1 aliphatic rings. The zero-order valence-corrected chi connectivity index (χ0v) is 13.7.